The van der Waals surface area contributed by atoms with E-state index in [1.165, 1.54) is 37.8 Å². The van der Waals surface area contributed by atoms with E-state index in [2.05, 4.69) is 9.88 Å². The number of aromatic nitrogens is 1. The molecule has 0 bridgehead atoms. The molecule has 41 heavy (non-hydrogen) atoms. The molecule has 0 saturated carbocycles. The Morgan fingerprint density at radius 2 is 1.71 bits per heavy atom. The Labute approximate surface area is 242 Å². The quantitative estimate of drug-likeness (QED) is 0.170. The Hall–Kier alpha value is -3.71. The molecule has 1 atom stereocenters. The molecule has 1 amide bonds. The third-order valence-corrected chi connectivity index (χ3v) is 8.16. The third-order valence-electron chi connectivity index (χ3n) is 8.16. The molecule has 1 unspecified atom stereocenters. The van der Waals surface area contributed by atoms with Gasteiger partial charge in [0, 0.05) is 6.42 Å². The summed E-state index contributed by atoms with van der Waals surface area (Å²) in [4.78, 5) is 36.3. The van der Waals surface area contributed by atoms with Gasteiger partial charge in [0.2, 0.25) is 5.91 Å². The highest BCUT2D eigenvalue weighted by Crippen LogP contribution is 2.33. The van der Waals surface area contributed by atoms with Crippen molar-refractivity contribution in [2.45, 2.75) is 57.9 Å². The van der Waals surface area contributed by atoms with E-state index in [1.807, 2.05) is 54.2 Å². The van der Waals surface area contributed by atoms with Gasteiger partial charge in [-0.2, -0.15) is 0 Å². The molecule has 0 radical (unpaired) electrons. The molecule has 1 saturated heterocycles. The fraction of sp³-hybridized carbons (Fsp3) is 0.412. The van der Waals surface area contributed by atoms with E-state index in [9.17, 15) is 14.0 Å². The number of benzene rings is 2. The van der Waals surface area contributed by atoms with Crippen molar-refractivity contribution in [3.63, 3.8) is 0 Å². The Morgan fingerprint density at radius 1 is 0.976 bits per heavy atom. The molecule has 7 heteroatoms. The Balaban J connectivity index is 1.36. The zero-order valence-electron chi connectivity index (χ0n) is 24.0. The summed E-state index contributed by atoms with van der Waals surface area (Å²) in [5.74, 6) is -0.157. The van der Waals surface area contributed by atoms with Crippen LogP contribution >= 0.6 is 0 Å². The first-order chi connectivity index (χ1) is 20.0. The van der Waals surface area contributed by atoms with Crippen LogP contribution in [0.1, 0.15) is 66.4 Å². The normalized spacial score (nSPS) is 17.9. The Morgan fingerprint density at radius 3 is 2.44 bits per heavy atom. The minimum atomic E-state index is -0.421. The number of hydrogen-bond donors (Lipinski definition) is 0. The lowest BCUT2D eigenvalue weighted by Crippen LogP contribution is -2.37. The molecule has 1 aromatic heterocycles. The number of amides is 1. The molecule has 3 aromatic rings. The molecular formula is C34H40FN4O2+. The zero-order valence-corrected chi connectivity index (χ0v) is 24.0. The number of likely N-dealkylation sites (tertiary alicyclic amines) is 1. The highest BCUT2D eigenvalue weighted by Gasteiger charge is 2.35. The second-order valence-corrected chi connectivity index (χ2v) is 11.3. The van der Waals surface area contributed by atoms with Crippen LogP contribution in [-0.2, 0) is 17.8 Å². The van der Waals surface area contributed by atoms with Crippen LogP contribution < -0.4 is 4.90 Å². The number of hydrogen-bond acceptors (Lipinski definition) is 4. The molecule has 214 valence electrons. The molecule has 1 fully saturated rings. The van der Waals surface area contributed by atoms with Gasteiger partial charge in [0.15, 0.2) is 12.0 Å². The maximum Gasteiger partial charge on any atom is 0.346 e. The lowest BCUT2D eigenvalue weighted by Gasteiger charge is -2.24. The van der Waals surface area contributed by atoms with Crippen molar-refractivity contribution in [3.05, 3.63) is 89.4 Å². The standard InChI is InChI=1S/C34H40FN4O2/c1-37-25-29(21-26-11-5-4-6-12-26)34(41)39(24-27-14-16-30(35)17-15-27)31-22-28(23-36-33(31)37)32(40)13-7-10-20-38-18-8-2-3-9-19-38/h4-6,11-12,14-17,22-23,25,29H,2-3,7-10,13,18-21,24H2,1H3/q+1. The zero-order chi connectivity index (χ0) is 28.6. The highest BCUT2D eigenvalue weighted by molar-refractivity contribution is 6.06. The lowest BCUT2D eigenvalue weighted by molar-refractivity contribution is -0.405. The number of nitrogens with zero attached hydrogens (tertiary/aromatic N) is 4. The maximum atomic E-state index is 14.1. The van der Waals surface area contributed by atoms with Gasteiger partial charge in [0.25, 0.3) is 0 Å². The summed E-state index contributed by atoms with van der Waals surface area (Å²) in [6.45, 7) is 3.63. The highest BCUT2D eigenvalue weighted by atomic mass is 19.1. The molecular weight excluding hydrogens is 515 g/mol. The van der Waals surface area contributed by atoms with Crippen molar-refractivity contribution in [3.8, 4) is 0 Å². The molecule has 6 nitrogen and oxygen atoms in total. The van der Waals surface area contributed by atoms with Gasteiger partial charge in [-0.05, 0) is 86.0 Å². The fourth-order valence-corrected chi connectivity index (χ4v) is 5.86. The number of pyridine rings is 1. The fourth-order valence-electron chi connectivity index (χ4n) is 5.86. The molecule has 2 aliphatic rings. The van der Waals surface area contributed by atoms with Crippen molar-refractivity contribution >= 4 is 29.4 Å². The van der Waals surface area contributed by atoms with Crippen molar-refractivity contribution in [2.24, 2.45) is 5.92 Å². The van der Waals surface area contributed by atoms with Crippen molar-refractivity contribution in [1.82, 2.24) is 9.88 Å². The second-order valence-electron chi connectivity index (χ2n) is 11.3. The lowest BCUT2D eigenvalue weighted by atomic mass is 9.98. The summed E-state index contributed by atoms with van der Waals surface area (Å²) in [6, 6.07) is 18.0. The first-order valence-corrected chi connectivity index (χ1v) is 14.9. The maximum absolute atomic E-state index is 14.1. The Bertz CT molecular complexity index is 1370. The van der Waals surface area contributed by atoms with Gasteiger partial charge < -0.3 is 9.80 Å². The van der Waals surface area contributed by atoms with Crippen LogP contribution in [-0.4, -0.2) is 59.0 Å². The number of fused-ring (bicyclic) bond motifs is 1. The van der Waals surface area contributed by atoms with Gasteiger partial charge in [0.1, 0.15) is 11.5 Å². The van der Waals surface area contributed by atoms with Gasteiger partial charge in [-0.3, -0.25) is 9.59 Å². The van der Waals surface area contributed by atoms with Crippen LogP contribution in [0.3, 0.4) is 0 Å². The summed E-state index contributed by atoms with van der Waals surface area (Å²) < 4.78 is 15.5. The topological polar surface area (TPSA) is 56.5 Å². The number of carbonyl (C=O) groups is 2. The molecule has 3 heterocycles. The summed E-state index contributed by atoms with van der Waals surface area (Å²) in [5.41, 5.74) is 2.99. The third kappa shape index (κ3) is 7.53. The first kappa shape index (κ1) is 28.8. The number of ketones is 1. The summed E-state index contributed by atoms with van der Waals surface area (Å²) in [6.07, 6.45) is 11.6. The van der Waals surface area contributed by atoms with Crippen LogP contribution in [0, 0.1) is 11.7 Å². The van der Waals surface area contributed by atoms with E-state index in [0.29, 0.717) is 29.9 Å². The number of Topliss-reactive ketones (excluding diaryl/α,β-unsaturated/α-hetero) is 1. The number of carbonyl (C=O) groups excluding carboxylic acids is 2. The van der Waals surface area contributed by atoms with Gasteiger partial charge in [-0.15, -0.1) is 0 Å². The van der Waals surface area contributed by atoms with Crippen molar-refractivity contribution in [2.75, 3.05) is 31.6 Å². The van der Waals surface area contributed by atoms with Crippen LogP contribution in [0.2, 0.25) is 0 Å². The minimum absolute atomic E-state index is 0.0436. The van der Waals surface area contributed by atoms with E-state index in [4.69, 9.17) is 0 Å². The number of anilines is 1. The average molecular weight is 556 g/mol. The van der Waals surface area contributed by atoms with Gasteiger partial charge >= 0.3 is 5.82 Å². The van der Waals surface area contributed by atoms with E-state index in [0.717, 1.165) is 43.6 Å². The van der Waals surface area contributed by atoms with Crippen LogP contribution in [0.25, 0.3) is 0 Å². The molecule has 0 aliphatic carbocycles. The predicted molar refractivity (Wildman–Crippen MR) is 160 cm³/mol. The minimum Gasteiger partial charge on any atom is -0.303 e. The average Bonchev–Trinajstić information content (AvgIpc) is 3.31. The Kier molecular flexibility index (Phi) is 9.67. The first-order valence-electron chi connectivity index (χ1n) is 14.9. The molecule has 0 spiro atoms. The van der Waals surface area contributed by atoms with E-state index >= 15 is 0 Å². The second kappa shape index (κ2) is 13.8. The van der Waals surface area contributed by atoms with E-state index < -0.39 is 5.92 Å². The summed E-state index contributed by atoms with van der Waals surface area (Å²) in [7, 11) is 1.89. The van der Waals surface area contributed by atoms with Gasteiger partial charge in [-0.25, -0.2) is 8.97 Å². The number of unbranched alkanes of at least 4 members (excludes halogenated alkanes) is 1. The summed E-state index contributed by atoms with van der Waals surface area (Å²) >= 11 is 0. The van der Waals surface area contributed by atoms with Gasteiger partial charge in [-0.1, -0.05) is 55.3 Å². The van der Waals surface area contributed by atoms with Crippen molar-refractivity contribution in [1.29, 1.82) is 0 Å². The van der Waals surface area contributed by atoms with Gasteiger partial charge in [0.05, 0.1) is 31.3 Å². The van der Waals surface area contributed by atoms with Crippen molar-refractivity contribution < 1.29 is 18.6 Å². The largest absolute Gasteiger partial charge is 0.346 e. The molecule has 5 rings (SSSR count). The molecule has 2 aliphatic heterocycles. The summed E-state index contributed by atoms with van der Waals surface area (Å²) in [5, 5.41) is 0. The number of rotatable bonds is 10. The van der Waals surface area contributed by atoms with Crippen LogP contribution in [0.15, 0.2) is 66.9 Å². The van der Waals surface area contributed by atoms with Crippen LogP contribution in [0.5, 0.6) is 0 Å². The SMILES string of the molecule is C[N+]1=CC(Cc2ccccc2)C(=O)N(Cc2ccc(F)cc2)c2cc(C(=O)CCCCN3CCCCCC3)cnc21. The van der Waals surface area contributed by atoms with E-state index in [-0.39, 0.29) is 24.1 Å². The smallest absolute Gasteiger partial charge is 0.303 e. The molecule has 0 N–H and O–H groups in total. The monoisotopic (exact) mass is 555 g/mol. The predicted octanol–water partition coefficient (Wildman–Crippen LogP) is 6.20. The molecule has 2 aromatic carbocycles. The number of halogens is 1. The van der Waals surface area contributed by atoms with Crippen LogP contribution in [0.4, 0.5) is 15.9 Å². The van der Waals surface area contributed by atoms with E-state index in [1.54, 1.807) is 23.2 Å².